The van der Waals surface area contributed by atoms with Crippen LogP contribution in [0.15, 0.2) is 22.4 Å². The van der Waals surface area contributed by atoms with Crippen molar-refractivity contribution in [3.05, 3.63) is 28.8 Å². The second-order valence-corrected chi connectivity index (χ2v) is 5.75. The van der Waals surface area contributed by atoms with E-state index in [0.717, 1.165) is 21.3 Å². The number of rotatable bonds is 3. The molecule has 0 aliphatic heterocycles. The Hall–Kier alpha value is -1.07. The third-order valence-electron chi connectivity index (χ3n) is 2.54. The van der Waals surface area contributed by atoms with Crippen molar-refractivity contribution in [2.75, 3.05) is 0 Å². The molecule has 2 aromatic heterocycles. The van der Waals surface area contributed by atoms with E-state index in [4.69, 9.17) is 11.6 Å². The van der Waals surface area contributed by atoms with Gasteiger partial charge in [0.15, 0.2) is 0 Å². The molecule has 0 unspecified atom stereocenters. The molecule has 0 fully saturated rings. The minimum absolute atomic E-state index is 0.288. The fraction of sp³-hybridized carbons (Fsp3) is 0.417. The summed E-state index contributed by atoms with van der Waals surface area (Å²) in [5.41, 5.74) is 1.98. The van der Waals surface area contributed by atoms with Gasteiger partial charge in [0.05, 0.1) is 5.69 Å². The molecule has 0 atom stereocenters. The van der Waals surface area contributed by atoms with Gasteiger partial charge in [-0.05, 0) is 30.7 Å². The standard InChI is InChI=1S/C12H15ClN4S/c1-7(2)10-11(13)14-6-15-12(10)18-9-5-8(3)16-17(9)4/h5-7H,1-4H3. The predicted octanol–water partition coefficient (Wildman–Crippen LogP) is 3.45. The van der Waals surface area contributed by atoms with E-state index in [1.807, 2.05) is 24.7 Å². The zero-order chi connectivity index (χ0) is 13.3. The normalized spacial score (nSPS) is 11.2. The molecule has 2 rings (SSSR count). The lowest BCUT2D eigenvalue weighted by molar-refractivity contribution is 0.691. The molecule has 0 saturated heterocycles. The number of aromatic nitrogens is 4. The topological polar surface area (TPSA) is 43.6 Å². The van der Waals surface area contributed by atoms with Gasteiger partial charge < -0.3 is 0 Å². The lowest BCUT2D eigenvalue weighted by atomic mass is 10.1. The van der Waals surface area contributed by atoms with Crippen LogP contribution in [0.2, 0.25) is 5.15 Å². The van der Waals surface area contributed by atoms with E-state index in [1.165, 1.54) is 6.33 Å². The molecule has 0 aliphatic rings. The van der Waals surface area contributed by atoms with E-state index in [9.17, 15) is 0 Å². The Morgan fingerprint density at radius 1 is 1.33 bits per heavy atom. The Kier molecular flexibility index (Phi) is 3.92. The summed E-state index contributed by atoms with van der Waals surface area (Å²) in [5, 5.41) is 6.79. The highest BCUT2D eigenvalue weighted by molar-refractivity contribution is 7.99. The van der Waals surface area contributed by atoms with E-state index < -0.39 is 0 Å². The Labute approximate surface area is 116 Å². The molecule has 0 spiro atoms. The van der Waals surface area contributed by atoms with Crippen molar-refractivity contribution < 1.29 is 0 Å². The molecular formula is C12H15ClN4S. The van der Waals surface area contributed by atoms with Crippen LogP contribution in [0, 0.1) is 6.92 Å². The molecule has 0 aromatic carbocycles. The second-order valence-electron chi connectivity index (χ2n) is 4.39. The minimum Gasteiger partial charge on any atom is -0.261 e. The molecule has 2 aromatic rings. The van der Waals surface area contributed by atoms with Gasteiger partial charge in [0.1, 0.15) is 21.5 Å². The Morgan fingerprint density at radius 3 is 2.61 bits per heavy atom. The van der Waals surface area contributed by atoms with Crippen LogP contribution in [-0.4, -0.2) is 19.7 Å². The maximum atomic E-state index is 6.15. The maximum absolute atomic E-state index is 6.15. The van der Waals surface area contributed by atoms with Crippen LogP contribution >= 0.6 is 23.4 Å². The second kappa shape index (κ2) is 5.28. The van der Waals surface area contributed by atoms with Crippen molar-refractivity contribution in [1.29, 1.82) is 0 Å². The SMILES string of the molecule is Cc1cc(Sc2ncnc(Cl)c2C(C)C)n(C)n1. The summed E-state index contributed by atoms with van der Waals surface area (Å²) < 4.78 is 1.85. The first-order chi connectivity index (χ1) is 8.49. The van der Waals surface area contributed by atoms with E-state index in [2.05, 4.69) is 28.9 Å². The highest BCUT2D eigenvalue weighted by Gasteiger charge is 2.16. The van der Waals surface area contributed by atoms with Crippen LogP contribution in [0.4, 0.5) is 0 Å². The molecule has 0 amide bonds. The molecule has 0 aliphatic carbocycles. The summed E-state index contributed by atoms with van der Waals surface area (Å²) in [6, 6.07) is 2.03. The van der Waals surface area contributed by atoms with Crippen LogP contribution in [0.25, 0.3) is 0 Å². The van der Waals surface area contributed by atoms with Crippen molar-refractivity contribution in [3.63, 3.8) is 0 Å². The van der Waals surface area contributed by atoms with Crippen molar-refractivity contribution >= 4 is 23.4 Å². The highest BCUT2D eigenvalue weighted by Crippen LogP contribution is 2.35. The molecule has 6 heteroatoms. The smallest absolute Gasteiger partial charge is 0.137 e. The first-order valence-electron chi connectivity index (χ1n) is 5.68. The average Bonchev–Trinajstić information content (AvgIpc) is 2.57. The van der Waals surface area contributed by atoms with E-state index in [0.29, 0.717) is 5.15 Å². The summed E-state index contributed by atoms with van der Waals surface area (Å²) in [7, 11) is 1.92. The quantitative estimate of drug-likeness (QED) is 0.809. The average molecular weight is 283 g/mol. The van der Waals surface area contributed by atoms with Crippen LogP contribution < -0.4 is 0 Å². The Balaban J connectivity index is 2.40. The van der Waals surface area contributed by atoms with Crippen molar-refractivity contribution in [3.8, 4) is 0 Å². The van der Waals surface area contributed by atoms with Gasteiger partial charge in [-0.1, -0.05) is 25.4 Å². The highest BCUT2D eigenvalue weighted by atomic mass is 35.5. The first kappa shape index (κ1) is 13.4. The number of aryl methyl sites for hydroxylation is 2. The maximum Gasteiger partial charge on any atom is 0.137 e. The molecular weight excluding hydrogens is 268 g/mol. The van der Waals surface area contributed by atoms with Crippen molar-refractivity contribution in [2.45, 2.75) is 36.7 Å². The summed E-state index contributed by atoms with van der Waals surface area (Å²) in [5.74, 6) is 0.288. The first-order valence-corrected chi connectivity index (χ1v) is 6.87. The van der Waals surface area contributed by atoms with Gasteiger partial charge in [0.2, 0.25) is 0 Å². The van der Waals surface area contributed by atoms with Crippen molar-refractivity contribution in [2.24, 2.45) is 7.05 Å². The summed E-state index contributed by atoms with van der Waals surface area (Å²) in [6.07, 6.45) is 1.50. The largest absolute Gasteiger partial charge is 0.261 e. The van der Waals surface area contributed by atoms with E-state index >= 15 is 0 Å². The number of nitrogens with zero attached hydrogens (tertiary/aromatic N) is 4. The Morgan fingerprint density at radius 2 is 2.06 bits per heavy atom. The van der Waals surface area contributed by atoms with Crippen LogP contribution in [0.3, 0.4) is 0 Å². The molecule has 0 bridgehead atoms. The summed E-state index contributed by atoms with van der Waals surface area (Å²) in [4.78, 5) is 8.38. The van der Waals surface area contributed by atoms with Gasteiger partial charge in [0, 0.05) is 12.6 Å². The van der Waals surface area contributed by atoms with Gasteiger partial charge >= 0.3 is 0 Å². The number of hydrogen-bond acceptors (Lipinski definition) is 4. The van der Waals surface area contributed by atoms with Crippen molar-refractivity contribution in [1.82, 2.24) is 19.7 Å². The van der Waals surface area contributed by atoms with Gasteiger partial charge in [-0.3, -0.25) is 4.68 Å². The van der Waals surface area contributed by atoms with Gasteiger partial charge in [-0.25, -0.2) is 9.97 Å². The zero-order valence-corrected chi connectivity index (χ0v) is 12.4. The number of hydrogen-bond donors (Lipinski definition) is 0. The molecule has 18 heavy (non-hydrogen) atoms. The zero-order valence-electron chi connectivity index (χ0n) is 10.8. The minimum atomic E-state index is 0.288. The fourth-order valence-corrected chi connectivity index (χ4v) is 3.26. The molecule has 0 N–H and O–H groups in total. The Bertz CT molecular complexity index is 565. The lowest BCUT2D eigenvalue weighted by Gasteiger charge is -2.11. The third-order valence-corrected chi connectivity index (χ3v) is 3.95. The molecule has 96 valence electrons. The van der Waals surface area contributed by atoms with Crippen LogP contribution in [0.1, 0.15) is 31.0 Å². The van der Waals surface area contributed by atoms with E-state index in [-0.39, 0.29) is 5.92 Å². The van der Waals surface area contributed by atoms with Crippen LogP contribution in [-0.2, 0) is 7.05 Å². The summed E-state index contributed by atoms with van der Waals surface area (Å²) >= 11 is 7.72. The van der Waals surface area contributed by atoms with Gasteiger partial charge in [-0.15, -0.1) is 0 Å². The molecule has 0 saturated carbocycles. The van der Waals surface area contributed by atoms with Gasteiger partial charge in [-0.2, -0.15) is 5.10 Å². The summed E-state index contributed by atoms with van der Waals surface area (Å²) in [6.45, 7) is 6.15. The predicted molar refractivity (Wildman–Crippen MR) is 73.2 cm³/mol. The van der Waals surface area contributed by atoms with Gasteiger partial charge in [0.25, 0.3) is 0 Å². The van der Waals surface area contributed by atoms with Crippen LogP contribution in [0.5, 0.6) is 0 Å². The molecule has 4 nitrogen and oxygen atoms in total. The molecule has 0 radical (unpaired) electrons. The van der Waals surface area contributed by atoms with E-state index in [1.54, 1.807) is 11.8 Å². The molecule has 2 heterocycles. The third kappa shape index (κ3) is 2.67. The number of halogens is 1. The lowest BCUT2D eigenvalue weighted by Crippen LogP contribution is -1.99. The monoisotopic (exact) mass is 282 g/mol. The fourth-order valence-electron chi connectivity index (χ4n) is 1.71.